The minimum absolute atomic E-state index is 0.0297. The molecule has 0 bridgehead atoms. The molecule has 1 aromatic heterocycles. The monoisotopic (exact) mass is 319 g/mol. The minimum atomic E-state index is -3.73. The van der Waals surface area contributed by atoms with E-state index >= 15 is 0 Å². The van der Waals surface area contributed by atoms with Crippen molar-refractivity contribution in [2.45, 2.75) is 23.9 Å². The summed E-state index contributed by atoms with van der Waals surface area (Å²) in [4.78, 5) is 4.00. The topological polar surface area (TPSA) is 110 Å². The highest BCUT2D eigenvalue weighted by Gasteiger charge is 2.36. The fraction of sp³-hybridized carbons (Fsp3) is 0.545. The molecule has 2 N–H and O–H groups in total. The molecule has 1 aliphatic rings. The molecule has 20 heavy (non-hydrogen) atoms. The number of pyridine rings is 1. The van der Waals surface area contributed by atoms with Crippen molar-refractivity contribution in [1.82, 2.24) is 9.29 Å². The second kappa shape index (κ2) is 5.40. The van der Waals surface area contributed by atoms with E-state index in [1.165, 1.54) is 19.3 Å². The second-order valence-corrected chi connectivity index (χ2v) is 8.99. The summed E-state index contributed by atoms with van der Waals surface area (Å²) in [7, 11) is -5.46. The Morgan fingerprint density at radius 1 is 1.45 bits per heavy atom. The lowest BCUT2D eigenvalue weighted by Gasteiger charge is -2.22. The van der Waals surface area contributed by atoms with Gasteiger partial charge in [-0.05, 0) is 18.6 Å². The van der Waals surface area contributed by atoms with Crippen molar-refractivity contribution in [3.05, 3.63) is 24.0 Å². The van der Waals surface area contributed by atoms with Crippen LogP contribution in [-0.2, 0) is 26.4 Å². The van der Waals surface area contributed by atoms with Gasteiger partial charge >= 0.3 is 0 Å². The minimum Gasteiger partial charge on any atom is -0.325 e. The Morgan fingerprint density at radius 3 is 2.60 bits per heavy atom. The molecule has 0 amide bonds. The van der Waals surface area contributed by atoms with Crippen molar-refractivity contribution in [3.8, 4) is 0 Å². The summed E-state index contributed by atoms with van der Waals surface area (Å²) >= 11 is 0. The van der Waals surface area contributed by atoms with Gasteiger partial charge in [-0.1, -0.05) is 0 Å². The van der Waals surface area contributed by atoms with Gasteiger partial charge in [0.2, 0.25) is 10.0 Å². The van der Waals surface area contributed by atoms with Crippen LogP contribution in [0, 0.1) is 0 Å². The van der Waals surface area contributed by atoms with E-state index in [1.54, 1.807) is 6.07 Å². The predicted octanol–water partition coefficient (Wildman–Crippen LogP) is -0.652. The van der Waals surface area contributed by atoms with Crippen molar-refractivity contribution < 1.29 is 16.8 Å². The standard InChI is InChI=1S/C11H17N3O4S2/c1-14(10-4-5-19(15,16)8-10)20(17,18)11-3-2-9(6-12)13-7-11/h2-3,7,10H,4-6,8,12H2,1H3. The highest BCUT2D eigenvalue weighted by Crippen LogP contribution is 2.23. The molecule has 1 saturated heterocycles. The Morgan fingerprint density at radius 2 is 2.15 bits per heavy atom. The zero-order valence-electron chi connectivity index (χ0n) is 11.1. The first-order valence-corrected chi connectivity index (χ1v) is 9.36. The molecule has 0 spiro atoms. The van der Waals surface area contributed by atoms with E-state index in [2.05, 4.69) is 4.98 Å². The maximum Gasteiger partial charge on any atom is 0.244 e. The molecule has 1 fully saturated rings. The summed E-state index contributed by atoms with van der Waals surface area (Å²) in [6.45, 7) is 0.233. The molecule has 0 saturated carbocycles. The average Bonchev–Trinajstić information content (AvgIpc) is 2.78. The lowest BCUT2D eigenvalue weighted by molar-refractivity contribution is 0.393. The summed E-state index contributed by atoms with van der Waals surface area (Å²) in [5.41, 5.74) is 6.00. The van der Waals surface area contributed by atoms with E-state index in [1.807, 2.05) is 0 Å². The first-order valence-electron chi connectivity index (χ1n) is 6.10. The van der Waals surface area contributed by atoms with E-state index in [0.29, 0.717) is 12.1 Å². The van der Waals surface area contributed by atoms with Gasteiger partial charge in [0.15, 0.2) is 9.84 Å². The first kappa shape index (κ1) is 15.4. The summed E-state index contributed by atoms with van der Waals surface area (Å²) in [6.07, 6.45) is 1.57. The van der Waals surface area contributed by atoms with E-state index in [0.717, 1.165) is 4.31 Å². The second-order valence-electron chi connectivity index (χ2n) is 4.77. The van der Waals surface area contributed by atoms with Crippen molar-refractivity contribution in [3.63, 3.8) is 0 Å². The molecule has 0 aliphatic carbocycles. The van der Waals surface area contributed by atoms with Crippen molar-refractivity contribution in [1.29, 1.82) is 0 Å². The quantitative estimate of drug-likeness (QED) is 0.789. The fourth-order valence-corrected chi connectivity index (χ4v) is 5.31. The van der Waals surface area contributed by atoms with E-state index in [-0.39, 0.29) is 22.9 Å². The van der Waals surface area contributed by atoms with Crippen LogP contribution >= 0.6 is 0 Å². The average molecular weight is 319 g/mol. The zero-order valence-corrected chi connectivity index (χ0v) is 12.7. The smallest absolute Gasteiger partial charge is 0.244 e. The highest BCUT2D eigenvalue weighted by atomic mass is 32.2. The Kier molecular flexibility index (Phi) is 4.14. The molecular formula is C11H17N3O4S2. The predicted molar refractivity (Wildman–Crippen MR) is 74.1 cm³/mol. The third-order valence-corrected chi connectivity index (χ3v) is 7.05. The van der Waals surface area contributed by atoms with Crippen LogP contribution in [0.5, 0.6) is 0 Å². The number of hydrogen-bond donors (Lipinski definition) is 1. The van der Waals surface area contributed by atoms with Gasteiger partial charge in [0, 0.05) is 25.8 Å². The fourth-order valence-electron chi connectivity index (χ4n) is 2.11. The number of rotatable bonds is 4. The number of sulfone groups is 1. The van der Waals surface area contributed by atoms with E-state index in [9.17, 15) is 16.8 Å². The van der Waals surface area contributed by atoms with Crippen LogP contribution in [0.25, 0.3) is 0 Å². The highest BCUT2D eigenvalue weighted by molar-refractivity contribution is 7.92. The van der Waals surface area contributed by atoms with Crippen molar-refractivity contribution >= 4 is 19.9 Å². The zero-order chi connectivity index (χ0) is 15.0. The van der Waals surface area contributed by atoms with Gasteiger partial charge in [-0.25, -0.2) is 16.8 Å². The molecule has 7 nitrogen and oxygen atoms in total. The van der Waals surface area contributed by atoms with Crippen molar-refractivity contribution in [2.75, 3.05) is 18.6 Å². The van der Waals surface area contributed by atoms with Crippen LogP contribution in [0.4, 0.5) is 0 Å². The van der Waals surface area contributed by atoms with Gasteiger partial charge in [-0.2, -0.15) is 4.31 Å². The number of nitrogens with zero attached hydrogens (tertiary/aromatic N) is 2. The van der Waals surface area contributed by atoms with Crippen LogP contribution in [0.15, 0.2) is 23.2 Å². The van der Waals surface area contributed by atoms with E-state index < -0.39 is 25.9 Å². The van der Waals surface area contributed by atoms with Gasteiger partial charge in [0.25, 0.3) is 0 Å². The third kappa shape index (κ3) is 3.00. The molecule has 9 heteroatoms. The van der Waals surface area contributed by atoms with E-state index in [4.69, 9.17) is 5.73 Å². The van der Waals surface area contributed by atoms with Gasteiger partial charge in [-0.3, -0.25) is 4.98 Å². The SMILES string of the molecule is CN(C1CCS(=O)(=O)C1)S(=O)(=O)c1ccc(CN)nc1. The Hall–Kier alpha value is -1.03. The van der Waals surface area contributed by atoms with Crippen LogP contribution in [0.3, 0.4) is 0 Å². The Labute approximate surface area is 118 Å². The summed E-state index contributed by atoms with van der Waals surface area (Å²) < 4.78 is 48.8. The van der Waals surface area contributed by atoms with Gasteiger partial charge in [0.05, 0.1) is 17.2 Å². The number of hydrogen-bond acceptors (Lipinski definition) is 6. The Bertz CT molecular complexity index is 683. The van der Waals surface area contributed by atoms with Crippen LogP contribution in [-0.4, -0.2) is 50.7 Å². The molecule has 2 rings (SSSR count). The summed E-state index contributed by atoms with van der Waals surface area (Å²) in [6, 6.07) is 2.47. The van der Waals surface area contributed by atoms with Crippen molar-refractivity contribution in [2.24, 2.45) is 5.73 Å². The molecule has 1 unspecified atom stereocenters. The van der Waals surface area contributed by atoms with Crippen LogP contribution < -0.4 is 5.73 Å². The summed E-state index contributed by atoms with van der Waals surface area (Å²) in [5, 5.41) is 0. The third-order valence-electron chi connectivity index (χ3n) is 3.41. The van der Waals surface area contributed by atoms with Crippen LogP contribution in [0.1, 0.15) is 12.1 Å². The number of aromatic nitrogens is 1. The number of sulfonamides is 1. The molecule has 0 radical (unpaired) electrons. The van der Waals surface area contributed by atoms with Gasteiger partial charge in [0.1, 0.15) is 4.90 Å². The molecular weight excluding hydrogens is 302 g/mol. The molecule has 1 aromatic rings. The van der Waals surface area contributed by atoms with Gasteiger partial charge in [-0.15, -0.1) is 0 Å². The maximum absolute atomic E-state index is 12.4. The normalized spacial score (nSPS) is 22.2. The lowest BCUT2D eigenvalue weighted by Crippen LogP contribution is -2.37. The van der Waals surface area contributed by atoms with Crippen LogP contribution in [0.2, 0.25) is 0 Å². The molecule has 2 heterocycles. The lowest BCUT2D eigenvalue weighted by atomic mass is 10.3. The van der Waals surface area contributed by atoms with Gasteiger partial charge < -0.3 is 5.73 Å². The molecule has 1 atom stereocenters. The molecule has 0 aromatic carbocycles. The maximum atomic E-state index is 12.4. The first-order chi connectivity index (χ1) is 9.26. The largest absolute Gasteiger partial charge is 0.325 e. The summed E-state index contributed by atoms with van der Waals surface area (Å²) in [5.74, 6) is -0.0983. The molecule has 1 aliphatic heterocycles. The Balaban J connectivity index is 2.25. The number of nitrogens with two attached hydrogens (primary N) is 1. The molecule has 112 valence electrons.